The average molecular weight is 288 g/mol. The van der Waals surface area contributed by atoms with Crippen LogP contribution in [-0.2, 0) is 4.79 Å². The van der Waals surface area contributed by atoms with Gasteiger partial charge in [0.25, 0.3) is 0 Å². The van der Waals surface area contributed by atoms with Crippen molar-refractivity contribution in [2.45, 2.75) is 57.0 Å². The Bertz CT molecular complexity index is 537. The van der Waals surface area contributed by atoms with Gasteiger partial charge in [0.05, 0.1) is 11.5 Å². The molecule has 6 bridgehead atoms. The number of aliphatic carboxylic acids is 1. The molecule has 6 aliphatic rings. The lowest BCUT2D eigenvalue weighted by molar-refractivity contribution is -0.195. The van der Waals surface area contributed by atoms with Crippen LogP contribution >= 0.6 is 0 Å². The van der Waals surface area contributed by atoms with E-state index in [2.05, 4.69) is 12.2 Å². The van der Waals surface area contributed by atoms with Gasteiger partial charge < -0.3 is 10.2 Å². The molecule has 0 saturated heterocycles. The molecule has 6 rings (SSSR count). The van der Waals surface area contributed by atoms with Crippen LogP contribution in [0.3, 0.4) is 0 Å². The van der Waals surface area contributed by atoms with Gasteiger partial charge in [0.15, 0.2) is 0 Å². The van der Waals surface area contributed by atoms with Gasteiger partial charge in [-0.3, -0.25) is 4.79 Å². The third-order valence-corrected chi connectivity index (χ3v) is 7.77. The average Bonchev–Trinajstić information content (AvgIpc) is 2.95. The fourth-order valence-corrected chi connectivity index (χ4v) is 7.51. The number of allylic oxidation sites excluding steroid dienone is 2. The minimum atomic E-state index is -0.616. The predicted molar refractivity (Wildman–Crippen MR) is 77.5 cm³/mol. The zero-order chi connectivity index (χ0) is 14.5. The fraction of sp³-hybridized carbons (Fsp3) is 0.833. The number of aliphatic hydroxyl groups is 1. The lowest BCUT2D eigenvalue weighted by Gasteiger charge is -2.65. The van der Waals surface area contributed by atoms with Crippen LogP contribution in [0.25, 0.3) is 0 Å². The van der Waals surface area contributed by atoms with Gasteiger partial charge in [-0.2, -0.15) is 0 Å². The van der Waals surface area contributed by atoms with Crippen LogP contribution in [0, 0.1) is 34.5 Å². The first-order valence-corrected chi connectivity index (χ1v) is 8.57. The van der Waals surface area contributed by atoms with E-state index in [-0.39, 0.29) is 22.7 Å². The molecule has 114 valence electrons. The number of carboxylic acid groups (broad SMARTS) is 1. The van der Waals surface area contributed by atoms with E-state index in [1.54, 1.807) is 0 Å². The van der Waals surface area contributed by atoms with Crippen molar-refractivity contribution in [3.8, 4) is 0 Å². The molecule has 5 saturated carbocycles. The topological polar surface area (TPSA) is 57.5 Å². The first kappa shape index (κ1) is 12.7. The Kier molecular flexibility index (Phi) is 2.15. The smallest absolute Gasteiger partial charge is 0.307 e. The van der Waals surface area contributed by atoms with Crippen molar-refractivity contribution in [1.29, 1.82) is 0 Å². The minimum absolute atomic E-state index is 0.0759. The Balaban J connectivity index is 1.56. The van der Waals surface area contributed by atoms with Gasteiger partial charge in [0, 0.05) is 0 Å². The number of fused-ring (bicyclic) bond motifs is 2. The van der Waals surface area contributed by atoms with Crippen LogP contribution in [0.5, 0.6) is 0 Å². The first-order valence-electron chi connectivity index (χ1n) is 8.57. The van der Waals surface area contributed by atoms with E-state index >= 15 is 0 Å². The van der Waals surface area contributed by atoms with Crippen LogP contribution in [0.2, 0.25) is 0 Å². The van der Waals surface area contributed by atoms with Crippen molar-refractivity contribution in [2.24, 2.45) is 34.5 Å². The second-order valence-electron chi connectivity index (χ2n) is 9.00. The second kappa shape index (κ2) is 3.56. The summed E-state index contributed by atoms with van der Waals surface area (Å²) in [6, 6.07) is 0. The van der Waals surface area contributed by atoms with E-state index in [1.165, 1.54) is 19.3 Å². The highest BCUT2D eigenvalue weighted by atomic mass is 16.4. The summed E-state index contributed by atoms with van der Waals surface area (Å²) in [5.74, 6) is 0.807. The molecule has 5 unspecified atom stereocenters. The third-order valence-electron chi connectivity index (χ3n) is 7.77. The molecule has 0 amide bonds. The monoisotopic (exact) mass is 288 g/mol. The predicted octanol–water partition coefficient (Wildman–Crippen LogP) is 2.98. The Labute approximate surface area is 125 Å². The Morgan fingerprint density at radius 3 is 2.33 bits per heavy atom. The molecular weight excluding hydrogens is 264 g/mol. The molecular formula is C18H24O3. The Hall–Kier alpha value is -0.830. The molecule has 5 fully saturated rings. The molecule has 3 nitrogen and oxygen atoms in total. The molecule has 0 aromatic rings. The Morgan fingerprint density at radius 1 is 1.05 bits per heavy atom. The van der Waals surface area contributed by atoms with Gasteiger partial charge in [-0.25, -0.2) is 0 Å². The zero-order valence-corrected chi connectivity index (χ0v) is 12.4. The number of carbonyl (C=O) groups is 1. The molecule has 0 aromatic heterocycles. The van der Waals surface area contributed by atoms with E-state index in [9.17, 15) is 15.0 Å². The lowest BCUT2D eigenvalue weighted by Crippen LogP contribution is -2.60. The summed E-state index contributed by atoms with van der Waals surface area (Å²) in [6.07, 6.45) is 13.1. The van der Waals surface area contributed by atoms with E-state index in [1.807, 2.05) is 0 Å². The maximum Gasteiger partial charge on any atom is 0.307 e. The highest BCUT2D eigenvalue weighted by Gasteiger charge is 2.67. The fourth-order valence-electron chi connectivity index (χ4n) is 7.51. The first-order chi connectivity index (χ1) is 9.93. The SMILES string of the molecule is O=C(O)C1CC2(C34CC5CC(CC(O)(C5)C3)C4)C=CC1C2. The molecule has 0 radical (unpaired) electrons. The number of carboxylic acids is 1. The molecule has 2 N–H and O–H groups in total. The molecule has 21 heavy (non-hydrogen) atoms. The largest absolute Gasteiger partial charge is 0.481 e. The molecule has 0 heterocycles. The van der Waals surface area contributed by atoms with Crippen LogP contribution < -0.4 is 0 Å². The van der Waals surface area contributed by atoms with Crippen molar-refractivity contribution >= 4 is 5.97 Å². The maximum atomic E-state index is 11.5. The van der Waals surface area contributed by atoms with E-state index in [0.717, 1.165) is 32.1 Å². The summed E-state index contributed by atoms with van der Waals surface area (Å²) in [7, 11) is 0. The zero-order valence-electron chi connectivity index (χ0n) is 12.4. The van der Waals surface area contributed by atoms with Crippen LogP contribution in [0.15, 0.2) is 12.2 Å². The molecule has 5 atom stereocenters. The normalized spacial score (nSPS) is 59.9. The number of hydrogen-bond donors (Lipinski definition) is 2. The Morgan fingerprint density at radius 2 is 1.76 bits per heavy atom. The van der Waals surface area contributed by atoms with Gasteiger partial charge in [-0.05, 0) is 80.0 Å². The van der Waals surface area contributed by atoms with Gasteiger partial charge in [-0.15, -0.1) is 0 Å². The number of hydrogen-bond acceptors (Lipinski definition) is 2. The van der Waals surface area contributed by atoms with E-state index < -0.39 is 11.6 Å². The van der Waals surface area contributed by atoms with Crippen LogP contribution in [0.1, 0.15) is 51.4 Å². The second-order valence-corrected chi connectivity index (χ2v) is 9.00. The molecule has 6 aliphatic carbocycles. The molecule has 0 aliphatic heterocycles. The van der Waals surface area contributed by atoms with Crippen molar-refractivity contribution < 1.29 is 15.0 Å². The maximum absolute atomic E-state index is 11.5. The van der Waals surface area contributed by atoms with Gasteiger partial charge in [-0.1, -0.05) is 12.2 Å². The standard InChI is InChI=1S/C18H24O3/c19-15(20)14-9-16(2-1-13(14)8-16)17-4-11-3-12(5-17)7-18(21,6-11)10-17/h1-2,11-14,21H,3-10H2,(H,19,20). The highest BCUT2D eigenvalue weighted by Crippen LogP contribution is 2.73. The summed E-state index contributed by atoms with van der Waals surface area (Å²) in [5.41, 5.74) is -0.167. The van der Waals surface area contributed by atoms with Gasteiger partial charge in [0.2, 0.25) is 0 Å². The summed E-state index contributed by atoms with van der Waals surface area (Å²) in [6.45, 7) is 0. The minimum Gasteiger partial charge on any atom is -0.481 e. The van der Waals surface area contributed by atoms with Crippen LogP contribution in [0.4, 0.5) is 0 Å². The van der Waals surface area contributed by atoms with Crippen molar-refractivity contribution in [2.75, 3.05) is 0 Å². The highest BCUT2D eigenvalue weighted by molar-refractivity contribution is 5.72. The number of rotatable bonds is 2. The van der Waals surface area contributed by atoms with E-state index in [4.69, 9.17) is 0 Å². The molecule has 3 heteroatoms. The van der Waals surface area contributed by atoms with E-state index in [0.29, 0.717) is 11.8 Å². The third kappa shape index (κ3) is 1.46. The molecule has 0 aromatic carbocycles. The van der Waals surface area contributed by atoms with Crippen molar-refractivity contribution in [3.05, 3.63) is 12.2 Å². The van der Waals surface area contributed by atoms with Crippen molar-refractivity contribution in [1.82, 2.24) is 0 Å². The van der Waals surface area contributed by atoms with Gasteiger partial charge in [0.1, 0.15) is 0 Å². The summed E-state index contributed by atoms with van der Waals surface area (Å²) in [4.78, 5) is 11.5. The summed E-state index contributed by atoms with van der Waals surface area (Å²) in [5, 5.41) is 20.5. The van der Waals surface area contributed by atoms with Crippen LogP contribution in [-0.4, -0.2) is 21.8 Å². The summed E-state index contributed by atoms with van der Waals surface area (Å²) < 4.78 is 0. The summed E-state index contributed by atoms with van der Waals surface area (Å²) >= 11 is 0. The lowest BCUT2D eigenvalue weighted by atomic mass is 9.41. The quantitative estimate of drug-likeness (QED) is 0.768. The van der Waals surface area contributed by atoms with Crippen molar-refractivity contribution in [3.63, 3.8) is 0 Å². The molecule has 0 spiro atoms. The van der Waals surface area contributed by atoms with Gasteiger partial charge >= 0.3 is 5.97 Å².